The van der Waals surface area contributed by atoms with Crippen molar-refractivity contribution in [3.05, 3.63) is 0 Å². The van der Waals surface area contributed by atoms with Gasteiger partial charge in [0.05, 0.1) is 0 Å². The Balaban J connectivity index is 1.59. The van der Waals surface area contributed by atoms with Crippen molar-refractivity contribution in [3.63, 3.8) is 0 Å². The molecule has 1 aliphatic heterocycles. The molecular formula is C14H28N2. The normalized spacial score (nSPS) is 28.7. The molecule has 0 aromatic rings. The first-order valence-electron chi connectivity index (χ1n) is 7.25. The van der Waals surface area contributed by atoms with Gasteiger partial charge < -0.3 is 10.2 Å². The van der Waals surface area contributed by atoms with Crippen LogP contribution in [0.4, 0.5) is 0 Å². The van der Waals surface area contributed by atoms with Crippen LogP contribution in [0.3, 0.4) is 0 Å². The molecule has 0 radical (unpaired) electrons. The molecule has 1 saturated carbocycles. The first kappa shape index (κ1) is 12.4. The Labute approximate surface area is 101 Å². The molecule has 16 heavy (non-hydrogen) atoms. The van der Waals surface area contributed by atoms with Gasteiger partial charge in [-0.2, -0.15) is 0 Å². The molecule has 1 unspecified atom stereocenters. The molecule has 2 fully saturated rings. The number of nitrogens with zero attached hydrogens (tertiary/aromatic N) is 1. The third kappa shape index (κ3) is 3.74. The van der Waals surface area contributed by atoms with Crippen molar-refractivity contribution in [3.8, 4) is 0 Å². The molecule has 0 spiro atoms. The summed E-state index contributed by atoms with van der Waals surface area (Å²) in [5.74, 6) is 1.97. The maximum atomic E-state index is 3.31. The van der Waals surface area contributed by atoms with Crippen LogP contribution in [0.15, 0.2) is 0 Å². The van der Waals surface area contributed by atoms with Crippen LogP contribution < -0.4 is 5.32 Å². The van der Waals surface area contributed by atoms with E-state index in [1.165, 1.54) is 71.1 Å². The summed E-state index contributed by atoms with van der Waals surface area (Å²) in [6, 6.07) is 0. The van der Waals surface area contributed by atoms with Gasteiger partial charge in [0.25, 0.3) is 0 Å². The zero-order valence-electron chi connectivity index (χ0n) is 10.9. The Morgan fingerprint density at radius 3 is 2.62 bits per heavy atom. The van der Waals surface area contributed by atoms with E-state index < -0.39 is 0 Å². The first-order valence-corrected chi connectivity index (χ1v) is 7.25. The zero-order chi connectivity index (χ0) is 11.2. The molecule has 1 N–H and O–H groups in total. The van der Waals surface area contributed by atoms with E-state index >= 15 is 0 Å². The average Bonchev–Trinajstić information content (AvgIpc) is 2.76. The van der Waals surface area contributed by atoms with Crippen LogP contribution in [0.5, 0.6) is 0 Å². The molecule has 2 aliphatic rings. The molecule has 2 nitrogen and oxygen atoms in total. The maximum absolute atomic E-state index is 3.31. The van der Waals surface area contributed by atoms with Gasteiger partial charge in [-0.15, -0.1) is 0 Å². The summed E-state index contributed by atoms with van der Waals surface area (Å²) in [6.45, 7) is 5.26. The summed E-state index contributed by atoms with van der Waals surface area (Å²) in [7, 11) is 2.07. The van der Waals surface area contributed by atoms with Crippen molar-refractivity contribution in [2.24, 2.45) is 11.8 Å². The molecule has 0 aromatic heterocycles. The Morgan fingerprint density at radius 2 is 1.88 bits per heavy atom. The van der Waals surface area contributed by atoms with Crippen molar-refractivity contribution >= 4 is 0 Å². The minimum absolute atomic E-state index is 0.913. The molecule has 94 valence electrons. The topological polar surface area (TPSA) is 15.3 Å². The number of hydrogen-bond acceptors (Lipinski definition) is 2. The monoisotopic (exact) mass is 224 g/mol. The standard InChI is InChI=1S/C14H28N2/c1-15-11-14-8-10-16(12-14)9-7-13-5-3-2-4-6-13/h13-15H,2-12H2,1H3. The summed E-state index contributed by atoms with van der Waals surface area (Å²) in [5, 5.41) is 3.31. The lowest BCUT2D eigenvalue weighted by Gasteiger charge is -2.24. The molecule has 0 bridgehead atoms. The second kappa shape index (κ2) is 6.61. The fourth-order valence-corrected chi connectivity index (χ4v) is 3.41. The number of hydrogen-bond donors (Lipinski definition) is 1. The lowest BCUT2D eigenvalue weighted by atomic mass is 9.87. The molecule has 1 atom stereocenters. The summed E-state index contributed by atoms with van der Waals surface area (Å²) in [5.41, 5.74) is 0. The van der Waals surface area contributed by atoms with Gasteiger partial charge in [-0.05, 0) is 51.4 Å². The van der Waals surface area contributed by atoms with Crippen LogP contribution in [0.25, 0.3) is 0 Å². The average molecular weight is 224 g/mol. The van der Waals surface area contributed by atoms with E-state index in [4.69, 9.17) is 0 Å². The molecule has 0 aromatic carbocycles. The van der Waals surface area contributed by atoms with Crippen molar-refractivity contribution in [1.29, 1.82) is 0 Å². The lowest BCUT2D eigenvalue weighted by molar-refractivity contribution is 0.259. The highest BCUT2D eigenvalue weighted by Gasteiger charge is 2.22. The van der Waals surface area contributed by atoms with Crippen LogP contribution >= 0.6 is 0 Å². The third-order valence-electron chi connectivity index (χ3n) is 4.44. The highest BCUT2D eigenvalue weighted by atomic mass is 15.1. The van der Waals surface area contributed by atoms with E-state index in [9.17, 15) is 0 Å². The highest BCUT2D eigenvalue weighted by molar-refractivity contribution is 4.77. The first-order chi connectivity index (χ1) is 7.88. The summed E-state index contributed by atoms with van der Waals surface area (Å²) in [6.07, 6.45) is 10.4. The van der Waals surface area contributed by atoms with Gasteiger partial charge in [0, 0.05) is 6.54 Å². The van der Waals surface area contributed by atoms with Crippen molar-refractivity contribution < 1.29 is 0 Å². The van der Waals surface area contributed by atoms with E-state index in [2.05, 4.69) is 17.3 Å². The Kier molecular flexibility index (Phi) is 5.11. The van der Waals surface area contributed by atoms with Gasteiger partial charge in [-0.1, -0.05) is 32.1 Å². The molecular weight excluding hydrogens is 196 g/mol. The Morgan fingerprint density at radius 1 is 1.06 bits per heavy atom. The smallest absolute Gasteiger partial charge is 0.00223 e. The lowest BCUT2D eigenvalue weighted by Crippen LogP contribution is -2.26. The summed E-state index contributed by atoms with van der Waals surface area (Å²) >= 11 is 0. The van der Waals surface area contributed by atoms with Crippen LogP contribution in [0.2, 0.25) is 0 Å². The molecule has 2 heteroatoms. The molecule has 0 amide bonds. The minimum atomic E-state index is 0.913. The fourth-order valence-electron chi connectivity index (χ4n) is 3.41. The summed E-state index contributed by atoms with van der Waals surface area (Å²) in [4.78, 5) is 2.69. The Hall–Kier alpha value is -0.0800. The number of likely N-dealkylation sites (tertiary alicyclic amines) is 1. The van der Waals surface area contributed by atoms with Crippen molar-refractivity contribution in [2.75, 3.05) is 33.2 Å². The molecule has 1 saturated heterocycles. The zero-order valence-corrected chi connectivity index (χ0v) is 10.9. The van der Waals surface area contributed by atoms with Gasteiger partial charge in [0.2, 0.25) is 0 Å². The van der Waals surface area contributed by atoms with Crippen molar-refractivity contribution in [1.82, 2.24) is 10.2 Å². The highest BCUT2D eigenvalue weighted by Crippen LogP contribution is 2.27. The van der Waals surface area contributed by atoms with Gasteiger partial charge in [0.15, 0.2) is 0 Å². The predicted molar refractivity (Wildman–Crippen MR) is 69.7 cm³/mol. The SMILES string of the molecule is CNCC1CCN(CCC2CCCCC2)C1. The molecule has 1 heterocycles. The molecule has 1 aliphatic carbocycles. The second-order valence-electron chi connectivity index (χ2n) is 5.81. The van der Waals surface area contributed by atoms with Gasteiger partial charge in [0.1, 0.15) is 0 Å². The number of rotatable bonds is 5. The van der Waals surface area contributed by atoms with E-state index in [1.54, 1.807) is 0 Å². The van der Waals surface area contributed by atoms with E-state index in [-0.39, 0.29) is 0 Å². The largest absolute Gasteiger partial charge is 0.319 e. The summed E-state index contributed by atoms with van der Waals surface area (Å²) < 4.78 is 0. The molecule has 2 rings (SSSR count). The van der Waals surface area contributed by atoms with Gasteiger partial charge in [-0.25, -0.2) is 0 Å². The second-order valence-corrected chi connectivity index (χ2v) is 5.81. The quantitative estimate of drug-likeness (QED) is 0.772. The van der Waals surface area contributed by atoms with Crippen molar-refractivity contribution in [2.45, 2.75) is 44.9 Å². The van der Waals surface area contributed by atoms with Crippen LogP contribution in [-0.2, 0) is 0 Å². The number of nitrogens with one attached hydrogen (secondary N) is 1. The fraction of sp³-hybridized carbons (Fsp3) is 1.00. The van der Waals surface area contributed by atoms with E-state index in [0.717, 1.165) is 11.8 Å². The van der Waals surface area contributed by atoms with E-state index in [0.29, 0.717) is 0 Å². The van der Waals surface area contributed by atoms with Crippen LogP contribution in [-0.4, -0.2) is 38.1 Å². The predicted octanol–water partition coefficient (Wildman–Crippen LogP) is 2.50. The van der Waals surface area contributed by atoms with E-state index in [1.807, 2.05) is 0 Å². The maximum Gasteiger partial charge on any atom is 0.00223 e. The Bertz CT molecular complexity index is 187. The minimum Gasteiger partial charge on any atom is -0.319 e. The third-order valence-corrected chi connectivity index (χ3v) is 4.44. The van der Waals surface area contributed by atoms with Crippen LogP contribution in [0.1, 0.15) is 44.9 Å². The van der Waals surface area contributed by atoms with Gasteiger partial charge in [-0.3, -0.25) is 0 Å². The van der Waals surface area contributed by atoms with Crippen LogP contribution in [0, 0.1) is 11.8 Å². The van der Waals surface area contributed by atoms with Gasteiger partial charge >= 0.3 is 0 Å².